The van der Waals surface area contributed by atoms with Crippen LogP contribution in [0.5, 0.6) is 0 Å². The summed E-state index contributed by atoms with van der Waals surface area (Å²) in [6.45, 7) is 7.38. The number of hydrogen-bond donors (Lipinski definition) is 2. The molecule has 2 N–H and O–H groups in total. The molecule has 1 aliphatic rings. The molecule has 1 saturated carbocycles. The first kappa shape index (κ1) is 16.3. The molecule has 2 rings (SSSR count). The molecule has 0 radical (unpaired) electrons. The minimum atomic E-state index is 0.232. The van der Waals surface area contributed by atoms with Crippen LogP contribution in [0.15, 0.2) is 18.2 Å². The Morgan fingerprint density at radius 3 is 2.67 bits per heavy atom. The van der Waals surface area contributed by atoms with Crippen LogP contribution in [0.25, 0.3) is 0 Å². The predicted molar refractivity (Wildman–Crippen MR) is 89.9 cm³/mol. The average Bonchev–Trinajstić information content (AvgIpc) is 3.00. The fourth-order valence-electron chi connectivity index (χ4n) is 3.30. The largest absolute Gasteiger partial charge is 0.395 e. The standard InChI is InChI=1S/C18H30N2O/c1-3-10-19-14-16-8-9-18(13-15(16)2)20(11-12-21)17-6-4-5-7-17/h8-9,13,17,19,21H,3-7,10-12,14H2,1-2H3. The molecular formula is C18H30N2O. The van der Waals surface area contributed by atoms with E-state index in [9.17, 15) is 5.11 Å². The number of benzene rings is 1. The number of aliphatic hydroxyl groups is 1. The molecule has 1 aliphatic carbocycles. The zero-order valence-electron chi connectivity index (χ0n) is 13.6. The van der Waals surface area contributed by atoms with Gasteiger partial charge in [-0.25, -0.2) is 0 Å². The summed E-state index contributed by atoms with van der Waals surface area (Å²) in [7, 11) is 0. The first-order valence-electron chi connectivity index (χ1n) is 8.44. The van der Waals surface area contributed by atoms with Gasteiger partial charge >= 0.3 is 0 Å². The zero-order chi connectivity index (χ0) is 15.1. The number of nitrogens with one attached hydrogen (secondary N) is 1. The van der Waals surface area contributed by atoms with Crippen LogP contribution < -0.4 is 10.2 Å². The third kappa shape index (κ3) is 4.45. The fraction of sp³-hybridized carbons (Fsp3) is 0.667. The molecule has 21 heavy (non-hydrogen) atoms. The van der Waals surface area contributed by atoms with Gasteiger partial charge in [0.15, 0.2) is 0 Å². The molecule has 0 heterocycles. The smallest absolute Gasteiger partial charge is 0.0606 e. The van der Waals surface area contributed by atoms with Crippen LogP contribution in [-0.2, 0) is 6.54 Å². The minimum absolute atomic E-state index is 0.232. The second-order valence-corrected chi connectivity index (χ2v) is 6.14. The monoisotopic (exact) mass is 290 g/mol. The number of aliphatic hydroxyl groups excluding tert-OH is 1. The van der Waals surface area contributed by atoms with Crippen molar-refractivity contribution in [2.45, 2.75) is 58.5 Å². The van der Waals surface area contributed by atoms with Crippen molar-refractivity contribution in [2.75, 3.05) is 24.6 Å². The van der Waals surface area contributed by atoms with Gasteiger partial charge in [-0.1, -0.05) is 25.8 Å². The highest BCUT2D eigenvalue weighted by atomic mass is 16.3. The van der Waals surface area contributed by atoms with Crippen molar-refractivity contribution in [3.63, 3.8) is 0 Å². The van der Waals surface area contributed by atoms with Gasteiger partial charge in [0, 0.05) is 24.8 Å². The van der Waals surface area contributed by atoms with Gasteiger partial charge in [-0.05, 0) is 56.0 Å². The van der Waals surface area contributed by atoms with Crippen LogP contribution >= 0.6 is 0 Å². The van der Waals surface area contributed by atoms with E-state index in [1.165, 1.54) is 48.9 Å². The number of nitrogens with zero attached hydrogens (tertiary/aromatic N) is 1. The molecule has 0 aliphatic heterocycles. The Morgan fingerprint density at radius 2 is 2.05 bits per heavy atom. The number of anilines is 1. The quantitative estimate of drug-likeness (QED) is 0.722. The lowest BCUT2D eigenvalue weighted by molar-refractivity contribution is 0.297. The molecule has 1 aromatic rings. The Hall–Kier alpha value is -1.06. The Morgan fingerprint density at radius 1 is 1.29 bits per heavy atom. The molecule has 0 atom stereocenters. The van der Waals surface area contributed by atoms with Gasteiger partial charge in [0.25, 0.3) is 0 Å². The Kier molecular flexibility index (Phi) is 6.52. The summed E-state index contributed by atoms with van der Waals surface area (Å²) in [6, 6.07) is 7.37. The van der Waals surface area contributed by atoms with Crippen LogP contribution in [0, 0.1) is 6.92 Å². The molecule has 118 valence electrons. The van der Waals surface area contributed by atoms with Gasteiger partial charge in [0.05, 0.1) is 6.61 Å². The normalized spacial score (nSPS) is 15.6. The maximum absolute atomic E-state index is 9.37. The molecule has 0 spiro atoms. The summed E-state index contributed by atoms with van der Waals surface area (Å²) in [5.74, 6) is 0. The van der Waals surface area contributed by atoms with Crippen molar-refractivity contribution >= 4 is 5.69 Å². The van der Waals surface area contributed by atoms with E-state index in [1.807, 2.05) is 0 Å². The Bertz CT molecular complexity index is 427. The van der Waals surface area contributed by atoms with E-state index in [1.54, 1.807) is 0 Å². The maximum Gasteiger partial charge on any atom is 0.0606 e. The van der Waals surface area contributed by atoms with Crippen molar-refractivity contribution in [2.24, 2.45) is 0 Å². The van der Waals surface area contributed by atoms with Crippen molar-refractivity contribution < 1.29 is 5.11 Å². The van der Waals surface area contributed by atoms with Crippen LogP contribution in [0.2, 0.25) is 0 Å². The Balaban J connectivity index is 2.08. The highest BCUT2D eigenvalue weighted by molar-refractivity contribution is 5.52. The lowest BCUT2D eigenvalue weighted by Crippen LogP contribution is -2.35. The first-order chi connectivity index (χ1) is 10.3. The molecule has 0 unspecified atom stereocenters. The van der Waals surface area contributed by atoms with Crippen LogP contribution in [-0.4, -0.2) is 30.8 Å². The zero-order valence-corrected chi connectivity index (χ0v) is 13.6. The maximum atomic E-state index is 9.37. The number of aryl methyl sites for hydroxylation is 1. The summed E-state index contributed by atoms with van der Waals surface area (Å²) in [5, 5.41) is 12.8. The van der Waals surface area contributed by atoms with E-state index in [-0.39, 0.29) is 6.61 Å². The van der Waals surface area contributed by atoms with E-state index in [4.69, 9.17) is 0 Å². The summed E-state index contributed by atoms with van der Waals surface area (Å²) < 4.78 is 0. The minimum Gasteiger partial charge on any atom is -0.395 e. The van der Waals surface area contributed by atoms with E-state index in [2.05, 4.69) is 42.3 Å². The molecule has 1 fully saturated rings. The Labute approximate surface area is 129 Å². The molecule has 3 nitrogen and oxygen atoms in total. The van der Waals surface area contributed by atoms with Gasteiger partial charge < -0.3 is 15.3 Å². The van der Waals surface area contributed by atoms with Crippen molar-refractivity contribution in [1.82, 2.24) is 5.32 Å². The summed E-state index contributed by atoms with van der Waals surface area (Å²) >= 11 is 0. The van der Waals surface area contributed by atoms with Crippen LogP contribution in [0.4, 0.5) is 5.69 Å². The molecule has 0 bridgehead atoms. The lowest BCUT2D eigenvalue weighted by atomic mass is 10.1. The van der Waals surface area contributed by atoms with Crippen molar-refractivity contribution in [3.8, 4) is 0 Å². The SMILES string of the molecule is CCCNCc1ccc(N(CCO)C2CCCC2)cc1C. The van der Waals surface area contributed by atoms with Crippen molar-refractivity contribution in [3.05, 3.63) is 29.3 Å². The second kappa shape index (κ2) is 8.40. The van der Waals surface area contributed by atoms with Gasteiger partial charge in [-0.2, -0.15) is 0 Å². The summed E-state index contributed by atoms with van der Waals surface area (Å²) in [5.41, 5.74) is 3.99. The molecule has 3 heteroatoms. The number of rotatable bonds is 8. The molecule has 1 aromatic carbocycles. The molecule has 0 amide bonds. The van der Waals surface area contributed by atoms with E-state index >= 15 is 0 Å². The second-order valence-electron chi connectivity index (χ2n) is 6.14. The molecular weight excluding hydrogens is 260 g/mol. The fourth-order valence-corrected chi connectivity index (χ4v) is 3.30. The van der Waals surface area contributed by atoms with Crippen molar-refractivity contribution in [1.29, 1.82) is 0 Å². The van der Waals surface area contributed by atoms with Gasteiger partial charge in [0.1, 0.15) is 0 Å². The first-order valence-corrected chi connectivity index (χ1v) is 8.44. The van der Waals surface area contributed by atoms with Gasteiger partial charge in [-0.3, -0.25) is 0 Å². The van der Waals surface area contributed by atoms with Gasteiger partial charge in [0.2, 0.25) is 0 Å². The van der Waals surface area contributed by atoms with Crippen LogP contribution in [0.3, 0.4) is 0 Å². The predicted octanol–water partition coefficient (Wildman–Crippen LogP) is 3.24. The number of hydrogen-bond acceptors (Lipinski definition) is 3. The third-order valence-electron chi connectivity index (χ3n) is 4.51. The highest BCUT2D eigenvalue weighted by Gasteiger charge is 2.22. The molecule has 0 saturated heterocycles. The topological polar surface area (TPSA) is 35.5 Å². The lowest BCUT2D eigenvalue weighted by Gasteiger charge is -2.31. The van der Waals surface area contributed by atoms with E-state index in [0.29, 0.717) is 6.04 Å². The van der Waals surface area contributed by atoms with Crippen LogP contribution in [0.1, 0.15) is 50.2 Å². The summed E-state index contributed by atoms with van der Waals surface area (Å²) in [6.07, 6.45) is 6.34. The average molecular weight is 290 g/mol. The van der Waals surface area contributed by atoms with Gasteiger partial charge in [-0.15, -0.1) is 0 Å². The molecule has 0 aromatic heterocycles. The highest BCUT2D eigenvalue weighted by Crippen LogP contribution is 2.29. The van der Waals surface area contributed by atoms with E-state index < -0.39 is 0 Å². The third-order valence-corrected chi connectivity index (χ3v) is 4.51. The summed E-state index contributed by atoms with van der Waals surface area (Å²) in [4.78, 5) is 2.41. The van der Waals surface area contributed by atoms with E-state index in [0.717, 1.165) is 19.6 Å².